The van der Waals surface area contributed by atoms with Gasteiger partial charge >= 0.3 is 0 Å². The molecule has 0 aliphatic carbocycles. The van der Waals surface area contributed by atoms with Gasteiger partial charge in [-0.1, -0.05) is 35.9 Å². The molecule has 134 valence electrons. The summed E-state index contributed by atoms with van der Waals surface area (Å²) in [6.45, 7) is 10.7. The number of carbonyl (C=O) groups excluding carboxylic acids is 1. The maximum atomic E-state index is 12.3. The first-order valence-electron chi connectivity index (χ1n) is 8.94. The van der Waals surface area contributed by atoms with Gasteiger partial charge in [0.05, 0.1) is 0 Å². The Morgan fingerprint density at radius 2 is 1.84 bits per heavy atom. The maximum absolute atomic E-state index is 12.3. The van der Waals surface area contributed by atoms with E-state index in [-0.39, 0.29) is 5.91 Å². The Balaban J connectivity index is 1.80. The second kappa shape index (κ2) is 8.70. The normalized spacial score (nSPS) is 11.9. The molecule has 1 amide bonds. The van der Waals surface area contributed by atoms with Crippen LogP contribution in [-0.2, 0) is 11.2 Å². The summed E-state index contributed by atoms with van der Waals surface area (Å²) in [5.74, 6) is 0.725. The summed E-state index contributed by atoms with van der Waals surface area (Å²) in [6, 6.07) is 12.6. The predicted molar refractivity (Wildman–Crippen MR) is 103 cm³/mol. The highest BCUT2D eigenvalue weighted by Gasteiger charge is 2.16. The van der Waals surface area contributed by atoms with Gasteiger partial charge in [0.1, 0.15) is 5.75 Å². The van der Waals surface area contributed by atoms with E-state index in [1.807, 2.05) is 19.9 Å². The summed E-state index contributed by atoms with van der Waals surface area (Å²) in [7, 11) is 0. The number of hydrogen-bond donors (Lipinski definition) is 1. The van der Waals surface area contributed by atoms with Crippen molar-refractivity contribution in [1.82, 2.24) is 5.32 Å². The van der Waals surface area contributed by atoms with E-state index in [1.54, 1.807) is 6.92 Å². The first kappa shape index (κ1) is 19.0. The predicted octanol–water partition coefficient (Wildman–Crippen LogP) is 4.44. The van der Waals surface area contributed by atoms with Gasteiger partial charge < -0.3 is 10.1 Å². The largest absolute Gasteiger partial charge is 0.481 e. The quantitative estimate of drug-likeness (QED) is 0.758. The number of aryl methyl sites for hydroxylation is 4. The molecular formula is C22H29NO2. The molecule has 3 heteroatoms. The number of nitrogens with one attached hydrogen (secondary N) is 1. The first-order chi connectivity index (χ1) is 11.9. The first-order valence-corrected chi connectivity index (χ1v) is 8.94. The number of rotatable bonds is 7. The third-order valence-electron chi connectivity index (χ3n) is 4.46. The Bertz CT molecular complexity index is 737. The zero-order chi connectivity index (χ0) is 18.4. The SMILES string of the molecule is Cc1cccc(CCCNC(=O)[C@H](C)Oc2cc(C)cc(C)c2C)c1. The zero-order valence-electron chi connectivity index (χ0n) is 16.0. The second-order valence-corrected chi connectivity index (χ2v) is 6.85. The van der Waals surface area contributed by atoms with E-state index in [0.717, 1.165) is 29.7 Å². The Labute approximate surface area is 151 Å². The molecule has 2 aromatic rings. The standard InChI is InChI=1S/C22H29NO2/c1-15-8-6-9-20(13-15)10-7-11-23-22(24)19(5)25-21-14-16(2)12-17(3)18(21)4/h6,8-9,12-14,19H,7,10-11H2,1-5H3,(H,23,24)/t19-/m0/s1. The van der Waals surface area contributed by atoms with Crippen LogP contribution in [0.5, 0.6) is 5.75 Å². The van der Waals surface area contributed by atoms with Crippen molar-refractivity contribution in [3.63, 3.8) is 0 Å². The monoisotopic (exact) mass is 339 g/mol. The molecule has 0 aliphatic rings. The van der Waals surface area contributed by atoms with E-state index in [2.05, 4.69) is 49.5 Å². The highest BCUT2D eigenvalue weighted by Crippen LogP contribution is 2.24. The van der Waals surface area contributed by atoms with Crippen LogP contribution in [0.2, 0.25) is 0 Å². The van der Waals surface area contributed by atoms with Gasteiger partial charge in [0, 0.05) is 6.54 Å². The van der Waals surface area contributed by atoms with Crippen molar-refractivity contribution >= 4 is 5.91 Å². The number of carbonyl (C=O) groups is 1. The van der Waals surface area contributed by atoms with E-state index < -0.39 is 6.10 Å². The van der Waals surface area contributed by atoms with Crippen LogP contribution in [-0.4, -0.2) is 18.6 Å². The van der Waals surface area contributed by atoms with Gasteiger partial charge in [0.15, 0.2) is 6.10 Å². The molecule has 0 spiro atoms. The van der Waals surface area contributed by atoms with Crippen molar-refractivity contribution < 1.29 is 9.53 Å². The van der Waals surface area contributed by atoms with E-state index in [0.29, 0.717) is 6.54 Å². The number of hydrogen-bond acceptors (Lipinski definition) is 2. The molecule has 0 aromatic heterocycles. The van der Waals surface area contributed by atoms with Crippen molar-refractivity contribution in [3.05, 3.63) is 64.2 Å². The third kappa shape index (κ3) is 5.63. The summed E-state index contributed by atoms with van der Waals surface area (Å²) in [6.07, 6.45) is 1.39. The molecule has 2 rings (SSSR count). The molecule has 1 N–H and O–H groups in total. The molecule has 0 aliphatic heterocycles. The molecule has 0 radical (unpaired) electrons. The highest BCUT2D eigenvalue weighted by atomic mass is 16.5. The number of benzene rings is 2. The molecule has 1 atom stereocenters. The topological polar surface area (TPSA) is 38.3 Å². The average Bonchev–Trinajstić information content (AvgIpc) is 2.56. The van der Waals surface area contributed by atoms with E-state index >= 15 is 0 Å². The summed E-state index contributed by atoms with van der Waals surface area (Å²) < 4.78 is 5.89. The van der Waals surface area contributed by atoms with Gasteiger partial charge in [-0.05, 0) is 75.8 Å². The molecule has 0 heterocycles. The molecule has 0 saturated carbocycles. The number of ether oxygens (including phenoxy) is 1. The van der Waals surface area contributed by atoms with Gasteiger partial charge in [-0.3, -0.25) is 4.79 Å². The maximum Gasteiger partial charge on any atom is 0.260 e. The highest BCUT2D eigenvalue weighted by molar-refractivity contribution is 5.80. The van der Waals surface area contributed by atoms with Gasteiger partial charge in [-0.25, -0.2) is 0 Å². The van der Waals surface area contributed by atoms with Crippen LogP contribution < -0.4 is 10.1 Å². The Morgan fingerprint density at radius 3 is 2.56 bits per heavy atom. The Kier molecular flexibility index (Phi) is 6.63. The molecule has 0 unspecified atom stereocenters. The van der Waals surface area contributed by atoms with Crippen LogP contribution in [0, 0.1) is 27.7 Å². The summed E-state index contributed by atoms with van der Waals surface area (Å²) in [4.78, 5) is 12.3. The molecule has 3 nitrogen and oxygen atoms in total. The average molecular weight is 339 g/mol. The fourth-order valence-electron chi connectivity index (χ4n) is 2.88. The number of amides is 1. The van der Waals surface area contributed by atoms with Crippen LogP contribution in [0.4, 0.5) is 0 Å². The lowest BCUT2D eigenvalue weighted by molar-refractivity contribution is -0.127. The lowest BCUT2D eigenvalue weighted by atomic mass is 10.1. The zero-order valence-corrected chi connectivity index (χ0v) is 16.0. The fraction of sp³-hybridized carbons (Fsp3) is 0.409. The van der Waals surface area contributed by atoms with Crippen molar-refractivity contribution in [3.8, 4) is 5.75 Å². The van der Waals surface area contributed by atoms with Crippen LogP contribution in [0.15, 0.2) is 36.4 Å². The van der Waals surface area contributed by atoms with Crippen LogP contribution in [0.3, 0.4) is 0 Å². The third-order valence-corrected chi connectivity index (χ3v) is 4.46. The van der Waals surface area contributed by atoms with Gasteiger partial charge in [-0.15, -0.1) is 0 Å². The van der Waals surface area contributed by atoms with Crippen LogP contribution >= 0.6 is 0 Å². The second-order valence-electron chi connectivity index (χ2n) is 6.85. The van der Waals surface area contributed by atoms with Gasteiger partial charge in [-0.2, -0.15) is 0 Å². The van der Waals surface area contributed by atoms with Crippen LogP contribution in [0.25, 0.3) is 0 Å². The molecule has 2 aromatic carbocycles. The minimum Gasteiger partial charge on any atom is -0.481 e. The molecular weight excluding hydrogens is 310 g/mol. The minimum atomic E-state index is -0.501. The Morgan fingerprint density at radius 1 is 1.08 bits per heavy atom. The van der Waals surface area contributed by atoms with Crippen molar-refractivity contribution in [2.24, 2.45) is 0 Å². The van der Waals surface area contributed by atoms with Crippen LogP contribution in [0.1, 0.15) is 41.2 Å². The Hall–Kier alpha value is -2.29. The smallest absolute Gasteiger partial charge is 0.260 e. The molecule has 0 fully saturated rings. The van der Waals surface area contributed by atoms with E-state index in [4.69, 9.17) is 4.74 Å². The summed E-state index contributed by atoms with van der Waals surface area (Å²) in [5, 5.41) is 2.97. The van der Waals surface area contributed by atoms with Gasteiger partial charge in [0.25, 0.3) is 5.91 Å². The van der Waals surface area contributed by atoms with Crippen molar-refractivity contribution in [2.75, 3.05) is 6.54 Å². The lowest BCUT2D eigenvalue weighted by Gasteiger charge is -2.18. The molecule has 0 saturated heterocycles. The summed E-state index contributed by atoms with van der Waals surface area (Å²) >= 11 is 0. The van der Waals surface area contributed by atoms with E-state index in [1.165, 1.54) is 16.7 Å². The van der Waals surface area contributed by atoms with E-state index in [9.17, 15) is 4.79 Å². The summed E-state index contributed by atoms with van der Waals surface area (Å²) in [5.41, 5.74) is 5.99. The van der Waals surface area contributed by atoms with Crippen molar-refractivity contribution in [1.29, 1.82) is 0 Å². The fourth-order valence-corrected chi connectivity index (χ4v) is 2.88. The van der Waals surface area contributed by atoms with Gasteiger partial charge in [0.2, 0.25) is 0 Å². The molecule has 0 bridgehead atoms. The minimum absolute atomic E-state index is 0.0669. The molecule has 25 heavy (non-hydrogen) atoms. The lowest BCUT2D eigenvalue weighted by Crippen LogP contribution is -2.37. The van der Waals surface area contributed by atoms with Crippen molar-refractivity contribution in [2.45, 2.75) is 53.6 Å².